The average Bonchev–Trinajstić information content (AvgIpc) is 3.12. The molecule has 12 nitrogen and oxygen atoms in total. The van der Waals surface area contributed by atoms with Crippen LogP contribution in [-0.4, -0.2) is 108 Å². The maximum Gasteiger partial charge on any atom is 0.323 e. The lowest BCUT2D eigenvalue weighted by Gasteiger charge is -2.32. The Morgan fingerprint density at radius 3 is 2.15 bits per heavy atom. The highest BCUT2D eigenvalue weighted by molar-refractivity contribution is 7.92. The van der Waals surface area contributed by atoms with Crippen LogP contribution in [0.5, 0.6) is 5.75 Å². The van der Waals surface area contributed by atoms with Crippen LogP contribution in [0.15, 0.2) is 66.9 Å². The minimum Gasteiger partial charge on any atom is -0.492 e. The Bertz CT molecular complexity index is 1970. The van der Waals surface area contributed by atoms with E-state index in [1.54, 1.807) is 0 Å². The molecule has 0 radical (unpaired) electrons. The summed E-state index contributed by atoms with van der Waals surface area (Å²) in [5.41, 5.74) is 4.86. The molecule has 2 aliphatic rings. The molecule has 0 bridgehead atoms. The number of nitrogens with one attached hydrogen (secondary N) is 2. The van der Waals surface area contributed by atoms with E-state index in [1.807, 2.05) is 75.5 Å². The minimum absolute atomic E-state index is 0.221. The monoisotopic (exact) mass is 730 g/mol. The van der Waals surface area contributed by atoms with E-state index < -0.39 is 16.1 Å². The van der Waals surface area contributed by atoms with Gasteiger partial charge in [-0.2, -0.15) is 0 Å². The number of aromatic nitrogens is 1. The maximum absolute atomic E-state index is 13.8. The zero-order chi connectivity index (χ0) is 36.9. The van der Waals surface area contributed by atoms with Gasteiger partial charge < -0.3 is 24.8 Å². The first-order chi connectivity index (χ1) is 24.9. The number of nitrogens with zero attached hydrogens (tertiary/aromatic N) is 4. The number of anilines is 3. The first-order valence-corrected chi connectivity index (χ1v) is 19.6. The molecule has 2 saturated heterocycles. The van der Waals surface area contributed by atoms with Crippen LogP contribution in [0.25, 0.3) is 21.9 Å². The molecule has 0 atom stereocenters. The zero-order valence-corrected chi connectivity index (χ0v) is 31.6. The van der Waals surface area contributed by atoms with Gasteiger partial charge in [-0.15, -0.1) is 0 Å². The van der Waals surface area contributed by atoms with E-state index in [2.05, 4.69) is 32.6 Å². The van der Waals surface area contributed by atoms with Crippen LogP contribution in [0.2, 0.25) is 0 Å². The third-order valence-electron chi connectivity index (χ3n) is 9.58. The van der Waals surface area contributed by atoms with E-state index in [0.717, 1.165) is 79.1 Å². The van der Waals surface area contributed by atoms with Gasteiger partial charge in [0.25, 0.3) is 0 Å². The summed E-state index contributed by atoms with van der Waals surface area (Å²) in [6, 6.07) is 19.2. The summed E-state index contributed by atoms with van der Waals surface area (Å²) < 4.78 is 44.7. The molecule has 278 valence electrons. The Hall–Kier alpha value is -4.27. The smallest absolute Gasteiger partial charge is 0.323 e. The second kappa shape index (κ2) is 16.2. The number of amides is 2. The normalized spacial score (nSPS) is 16.1. The highest BCUT2D eigenvalue weighted by Crippen LogP contribution is 2.42. The number of pyridine rings is 1. The number of morpholine rings is 2. The van der Waals surface area contributed by atoms with Gasteiger partial charge in [0, 0.05) is 63.0 Å². The van der Waals surface area contributed by atoms with Crippen LogP contribution in [0.3, 0.4) is 0 Å². The van der Waals surface area contributed by atoms with Gasteiger partial charge >= 0.3 is 6.03 Å². The highest BCUT2D eigenvalue weighted by atomic mass is 32.2. The third-order valence-corrected chi connectivity index (χ3v) is 10.8. The fourth-order valence-corrected chi connectivity index (χ4v) is 7.57. The molecule has 0 spiro atoms. The molecule has 2 aliphatic heterocycles. The first kappa shape index (κ1) is 37.5. The van der Waals surface area contributed by atoms with E-state index in [0.29, 0.717) is 36.8 Å². The van der Waals surface area contributed by atoms with Gasteiger partial charge in [-0.05, 0) is 46.2 Å². The molecule has 2 N–H and O–H groups in total. The molecule has 0 saturated carbocycles. The zero-order valence-electron chi connectivity index (χ0n) is 30.8. The largest absolute Gasteiger partial charge is 0.492 e. The second-order valence-electron chi connectivity index (χ2n) is 14.3. The van der Waals surface area contributed by atoms with Crippen LogP contribution in [0.1, 0.15) is 32.0 Å². The Kier molecular flexibility index (Phi) is 11.7. The number of rotatable bonds is 11. The van der Waals surface area contributed by atoms with Crippen molar-refractivity contribution in [2.45, 2.75) is 32.7 Å². The highest BCUT2D eigenvalue weighted by Gasteiger charge is 2.28. The molecular weight excluding hydrogens is 681 g/mol. The van der Waals surface area contributed by atoms with Gasteiger partial charge in [-0.1, -0.05) is 57.2 Å². The predicted molar refractivity (Wildman–Crippen MR) is 207 cm³/mol. The van der Waals surface area contributed by atoms with Crippen LogP contribution in [-0.2, 0) is 31.5 Å². The quantitative estimate of drug-likeness (QED) is 0.198. The lowest BCUT2D eigenvalue weighted by molar-refractivity contribution is 0.0336. The number of fused-ring (bicyclic) bond motifs is 1. The average molecular weight is 731 g/mol. The number of methoxy groups -OCH3 is 1. The van der Waals surface area contributed by atoms with Crippen molar-refractivity contribution in [2.75, 3.05) is 94.0 Å². The van der Waals surface area contributed by atoms with Crippen molar-refractivity contribution >= 4 is 43.9 Å². The minimum atomic E-state index is -3.71. The van der Waals surface area contributed by atoms with Crippen LogP contribution < -0.4 is 19.7 Å². The topological polar surface area (TPSA) is 126 Å². The number of ether oxygens (including phenoxy) is 3. The number of carbonyl (C=O) groups is 1. The van der Waals surface area contributed by atoms with Gasteiger partial charge in [-0.3, -0.25) is 19.1 Å². The standard InChI is InChI=1S/C39H50N6O6S/c1-39(2,3)29-24-35(37(49-4)36(25-29)45(52(5,47)48)15-14-43-16-20-50-21-17-43)42-38(46)41-34-13-12-31(32-8-6-7-9-33(32)34)28-10-11-30(40-26-28)27-44-18-22-51-23-19-44/h6-13,24-26H,14-23,27H2,1-5H3,(H2,41,42,46). The van der Waals surface area contributed by atoms with Gasteiger partial charge in [0.1, 0.15) is 0 Å². The summed E-state index contributed by atoms with van der Waals surface area (Å²) in [5.74, 6) is 0.264. The third kappa shape index (κ3) is 9.02. The van der Waals surface area contributed by atoms with Crippen molar-refractivity contribution in [1.82, 2.24) is 14.8 Å². The van der Waals surface area contributed by atoms with Crippen LogP contribution >= 0.6 is 0 Å². The maximum atomic E-state index is 13.8. The summed E-state index contributed by atoms with van der Waals surface area (Å²) >= 11 is 0. The number of sulfonamides is 1. The fraction of sp³-hybridized carbons (Fsp3) is 0.436. The molecule has 3 aromatic carbocycles. The Labute approximate surface area is 307 Å². The molecular formula is C39H50N6O6S. The molecule has 0 unspecified atom stereocenters. The molecule has 3 heterocycles. The van der Waals surface area contributed by atoms with E-state index in [9.17, 15) is 13.2 Å². The van der Waals surface area contributed by atoms with Crippen molar-refractivity contribution in [3.63, 3.8) is 0 Å². The summed E-state index contributed by atoms with van der Waals surface area (Å²) in [5, 5.41) is 7.86. The van der Waals surface area contributed by atoms with Gasteiger partial charge in [0.05, 0.1) is 62.5 Å². The van der Waals surface area contributed by atoms with Crippen LogP contribution in [0, 0.1) is 0 Å². The Morgan fingerprint density at radius 2 is 1.54 bits per heavy atom. The SMILES string of the molecule is COc1c(NC(=O)Nc2ccc(-c3ccc(CN4CCOCC4)nc3)c3ccccc23)cc(C(C)(C)C)cc1N(CCN1CCOCC1)S(C)(=O)=O. The molecule has 2 fully saturated rings. The Morgan fingerprint density at radius 1 is 0.885 bits per heavy atom. The number of carbonyl (C=O) groups excluding carboxylic acids is 1. The van der Waals surface area contributed by atoms with Gasteiger partial charge in [0.2, 0.25) is 10.0 Å². The lowest BCUT2D eigenvalue weighted by atomic mass is 9.86. The molecule has 1 aromatic heterocycles. The summed E-state index contributed by atoms with van der Waals surface area (Å²) in [6.07, 6.45) is 3.10. The number of hydrogen-bond donors (Lipinski definition) is 2. The first-order valence-electron chi connectivity index (χ1n) is 17.8. The number of urea groups is 1. The molecule has 2 amide bonds. The van der Waals surface area contributed by atoms with Crippen molar-refractivity contribution in [3.8, 4) is 16.9 Å². The number of hydrogen-bond acceptors (Lipinski definition) is 9. The number of benzene rings is 3. The van der Waals surface area contributed by atoms with E-state index >= 15 is 0 Å². The van der Waals surface area contributed by atoms with Crippen molar-refractivity contribution in [2.24, 2.45) is 0 Å². The van der Waals surface area contributed by atoms with Gasteiger partial charge in [0.15, 0.2) is 5.75 Å². The predicted octanol–water partition coefficient (Wildman–Crippen LogP) is 5.78. The molecule has 6 rings (SSSR count). The fourth-order valence-electron chi connectivity index (χ4n) is 6.66. The van der Waals surface area contributed by atoms with Crippen molar-refractivity contribution in [1.29, 1.82) is 0 Å². The van der Waals surface area contributed by atoms with E-state index in [4.69, 9.17) is 19.2 Å². The van der Waals surface area contributed by atoms with Crippen molar-refractivity contribution < 1.29 is 27.4 Å². The molecule has 0 aliphatic carbocycles. The summed E-state index contributed by atoms with van der Waals surface area (Å²) in [4.78, 5) is 23.1. The van der Waals surface area contributed by atoms with E-state index in [-0.39, 0.29) is 17.7 Å². The van der Waals surface area contributed by atoms with E-state index in [1.165, 1.54) is 17.7 Å². The van der Waals surface area contributed by atoms with Crippen molar-refractivity contribution in [3.05, 3.63) is 78.1 Å². The molecule has 4 aromatic rings. The summed E-state index contributed by atoms with van der Waals surface area (Å²) in [6.45, 7) is 13.7. The summed E-state index contributed by atoms with van der Waals surface area (Å²) in [7, 11) is -2.23. The van der Waals surface area contributed by atoms with Crippen LogP contribution in [0.4, 0.5) is 21.9 Å². The molecule has 52 heavy (non-hydrogen) atoms. The Balaban J connectivity index is 1.26. The van der Waals surface area contributed by atoms with Gasteiger partial charge in [-0.25, -0.2) is 13.2 Å². The molecule has 13 heteroatoms. The lowest BCUT2D eigenvalue weighted by Crippen LogP contribution is -2.43. The second-order valence-corrected chi connectivity index (χ2v) is 16.2.